The third-order valence-corrected chi connectivity index (χ3v) is 3.70. The highest BCUT2D eigenvalue weighted by molar-refractivity contribution is 6.02. The number of hydrogen-bond acceptors (Lipinski definition) is 5. The van der Waals surface area contributed by atoms with E-state index in [0.717, 1.165) is 11.3 Å². The molecule has 0 spiro atoms. The highest BCUT2D eigenvalue weighted by Gasteiger charge is 2.10. The van der Waals surface area contributed by atoms with Gasteiger partial charge in [-0.25, -0.2) is 5.43 Å². The number of amides is 1. The van der Waals surface area contributed by atoms with Gasteiger partial charge in [0.25, 0.3) is 5.91 Å². The SMILES string of the molecule is CC/C(=N/NC(=O)c1ccc(OC)cc1)c1ccc(OC)c(OC)c1. The van der Waals surface area contributed by atoms with Crippen LogP contribution in [0.3, 0.4) is 0 Å². The molecule has 0 bridgehead atoms. The van der Waals surface area contributed by atoms with Crippen molar-refractivity contribution in [3.8, 4) is 17.2 Å². The van der Waals surface area contributed by atoms with Crippen molar-refractivity contribution in [1.82, 2.24) is 5.43 Å². The molecule has 0 unspecified atom stereocenters. The maximum atomic E-state index is 12.2. The molecule has 2 rings (SSSR count). The number of nitrogens with zero attached hydrogens (tertiary/aromatic N) is 1. The molecule has 0 radical (unpaired) electrons. The van der Waals surface area contributed by atoms with Crippen LogP contribution in [0, 0.1) is 0 Å². The predicted molar refractivity (Wildman–Crippen MR) is 96.8 cm³/mol. The average Bonchev–Trinajstić information content (AvgIpc) is 2.68. The molecule has 2 aromatic carbocycles. The van der Waals surface area contributed by atoms with Crippen molar-refractivity contribution in [3.63, 3.8) is 0 Å². The van der Waals surface area contributed by atoms with Crippen molar-refractivity contribution >= 4 is 11.6 Å². The molecule has 0 aromatic heterocycles. The maximum absolute atomic E-state index is 12.2. The lowest BCUT2D eigenvalue weighted by Crippen LogP contribution is -2.20. The molecule has 0 saturated carbocycles. The summed E-state index contributed by atoms with van der Waals surface area (Å²) >= 11 is 0. The summed E-state index contributed by atoms with van der Waals surface area (Å²) < 4.78 is 15.6. The summed E-state index contributed by atoms with van der Waals surface area (Å²) in [5.41, 5.74) is 4.69. The number of methoxy groups -OCH3 is 3. The Morgan fingerprint density at radius 2 is 1.56 bits per heavy atom. The standard InChI is InChI=1S/C19H22N2O4/c1-5-16(14-8-11-17(24-3)18(12-14)25-4)20-21-19(22)13-6-9-15(23-2)10-7-13/h6-12H,5H2,1-4H3,(H,21,22)/b20-16-. The number of carbonyl (C=O) groups is 1. The van der Waals surface area contributed by atoms with Crippen LogP contribution < -0.4 is 19.6 Å². The molecule has 6 heteroatoms. The Morgan fingerprint density at radius 3 is 2.12 bits per heavy atom. The van der Waals surface area contributed by atoms with E-state index in [4.69, 9.17) is 14.2 Å². The Labute approximate surface area is 147 Å². The molecule has 0 heterocycles. The second-order valence-corrected chi connectivity index (χ2v) is 5.15. The normalized spacial score (nSPS) is 11.0. The van der Waals surface area contributed by atoms with Crippen LogP contribution in [-0.2, 0) is 0 Å². The molecule has 0 aliphatic carbocycles. The highest BCUT2D eigenvalue weighted by atomic mass is 16.5. The minimum Gasteiger partial charge on any atom is -0.497 e. The first-order chi connectivity index (χ1) is 12.1. The number of nitrogens with one attached hydrogen (secondary N) is 1. The molecule has 0 atom stereocenters. The van der Waals surface area contributed by atoms with E-state index in [1.165, 1.54) is 0 Å². The van der Waals surface area contributed by atoms with Crippen molar-refractivity contribution < 1.29 is 19.0 Å². The molecular weight excluding hydrogens is 320 g/mol. The molecule has 0 aliphatic rings. The monoisotopic (exact) mass is 342 g/mol. The number of carbonyl (C=O) groups excluding carboxylic acids is 1. The summed E-state index contributed by atoms with van der Waals surface area (Å²) in [5, 5.41) is 4.25. The smallest absolute Gasteiger partial charge is 0.271 e. The minimum atomic E-state index is -0.283. The van der Waals surface area contributed by atoms with Gasteiger partial charge in [-0.05, 0) is 48.9 Å². The lowest BCUT2D eigenvalue weighted by atomic mass is 10.1. The molecule has 25 heavy (non-hydrogen) atoms. The van der Waals surface area contributed by atoms with Gasteiger partial charge in [0.15, 0.2) is 11.5 Å². The van der Waals surface area contributed by atoms with E-state index in [2.05, 4.69) is 10.5 Å². The topological polar surface area (TPSA) is 69.2 Å². The van der Waals surface area contributed by atoms with Crippen LogP contribution >= 0.6 is 0 Å². The second-order valence-electron chi connectivity index (χ2n) is 5.15. The van der Waals surface area contributed by atoms with Gasteiger partial charge >= 0.3 is 0 Å². The largest absolute Gasteiger partial charge is 0.497 e. The first kappa shape index (κ1) is 18.3. The summed E-state index contributed by atoms with van der Waals surface area (Å²) in [6.07, 6.45) is 0.651. The van der Waals surface area contributed by atoms with Gasteiger partial charge in [0, 0.05) is 11.1 Å². The third-order valence-electron chi connectivity index (χ3n) is 3.70. The predicted octanol–water partition coefficient (Wildman–Crippen LogP) is 3.26. The van der Waals surface area contributed by atoms with Crippen LogP contribution in [0.4, 0.5) is 0 Å². The molecule has 132 valence electrons. The van der Waals surface area contributed by atoms with E-state index in [9.17, 15) is 4.79 Å². The Bertz CT molecular complexity index is 755. The zero-order valence-electron chi connectivity index (χ0n) is 14.8. The van der Waals surface area contributed by atoms with Crippen molar-refractivity contribution in [3.05, 3.63) is 53.6 Å². The Kier molecular flexibility index (Phi) is 6.39. The van der Waals surface area contributed by atoms with E-state index < -0.39 is 0 Å². The van der Waals surface area contributed by atoms with Gasteiger partial charge in [0.05, 0.1) is 27.0 Å². The van der Waals surface area contributed by atoms with Gasteiger partial charge in [-0.1, -0.05) is 6.92 Å². The zero-order chi connectivity index (χ0) is 18.2. The zero-order valence-corrected chi connectivity index (χ0v) is 14.8. The van der Waals surface area contributed by atoms with E-state index >= 15 is 0 Å². The molecule has 0 aliphatic heterocycles. The van der Waals surface area contributed by atoms with Gasteiger partial charge < -0.3 is 14.2 Å². The van der Waals surface area contributed by atoms with Crippen LogP contribution in [0.2, 0.25) is 0 Å². The summed E-state index contributed by atoms with van der Waals surface area (Å²) in [5.74, 6) is 1.67. The molecule has 0 saturated heterocycles. The third kappa shape index (κ3) is 4.50. The van der Waals surface area contributed by atoms with Crippen LogP contribution in [0.25, 0.3) is 0 Å². The average molecular weight is 342 g/mol. The fourth-order valence-electron chi connectivity index (χ4n) is 2.29. The summed E-state index contributed by atoms with van der Waals surface area (Å²) in [4.78, 5) is 12.2. The van der Waals surface area contributed by atoms with Crippen LogP contribution in [0.1, 0.15) is 29.3 Å². The fourth-order valence-corrected chi connectivity index (χ4v) is 2.29. The number of hydrazone groups is 1. The summed E-state index contributed by atoms with van der Waals surface area (Å²) in [6, 6.07) is 12.4. The quantitative estimate of drug-likeness (QED) is 0.619. The molecular formula is C19H22N2O4. The Balaban J connectivity index is 2.17. The van der Waals surface area contributed by atoms with Crippen molar-refractivity contribution in [2.24, 2.45) is 5.10 Å². The van der Waals surface area contributed by atoms with Crippen molar-refractivity contribution in [2.45, 2.75) is 13.3 Å². The summed E-state index contributed by atoms with van der Waals surface area (Å²) in [6.45, 7) is 1.97. The fraction of sp³-hybridized carbons (Fsp3) is 0.263. The van der Waals surface area contributed by atoms with Crippen LogP contribution in [-0.4, -0.2) is 32.9 Å². The van der Waals surface area contributed by atoms with Crippen LogP contribution in [0.5, 0.6) is 17.2 Å². The molecule has 0 fully saturated rings. The van der Waals surface area contributed by atoms with Crippen molar-refractivity contribution in [2.75, 3.05) is 21.3 Å². The van der Waals surface area contributed by atoms with Crippen molar-refractivity contribution in [1.29, 1.82) is 0 Å². The first-order valence-electron chi connectivity index (χ1n) is 7.86. The minimum absolute atomic E-state index is 0.283. The molecule has 1 N–H and O–H groups in total. The number of benzene rings is 2. The first-order valence-corrected chi connectivity index (χ1v) is 7.86. The van der Waals surface area contributed by atoms with Crippen LogP contribution in [0.15, 0.2) is 47.6 Å². The second kappa shape index (κ2) is 8.73. The van der Waals surface area contributed by atoms with E-state index in [0.29, 0.717) is 29.2 Å². The number of ether oxygens (including phenoxy) is 3. The van der Waals surface area contributed by atoms with Gasteiger partial charge in [-0.3, -0.25) is 4.79 Å². The highest BCUT2D eigenvalue weighted by Crippen LogP contribution is 2.28. The van der Waals surface area contributed by atoms with Gasteiger partial charge in [-0.15, -0.1) is 0 Å². The van der Waals surface area contributed by atoms with E-state index in [1.54, 1.807) is 45.6 Å². The van der Waals surface area contributed by atoms with Gasteiger partial charge in [0.2, 0.25) is 0 Å². The van der Waals surface area contributed by atoms with Gasteiger partial charge in [0.1, 0.15) is 5.75 Å². The molecule has 1 amide bonds. The maximum Gasteiger partial charge on any atom is 0.271 e. The molecule has 2 aromatic rings. The lowest BCUT2D eigenvalue weighted by molar-refractivity contribution is 0.0955. The van der Waals surface area contributed by atoms with E-state index in [-0.39, 0.29) is 5.91 Å². The summed E-state index contributed by atoms with van der Waals surface area (Å²) in [7, 11) is 4.74. The number of rotatable bonds is 7. The van der Waals surface area contributed by atoms with E-state index in [1.807, 2.05) is 25.1 Å². The van der Waals surface area contributed by atoms with Gasteiger partial charge in [-0.2, -0.15) is 5.10 Å². The molecule has 6 nitrogen and oxygen atoms in total. The Morgan fingerprint density at radius 1 is 0.920 bits per heavy atom. The lowest BCUT2D eigenvalue weighted by Gasteiger charge is -2.11. The number of hydrogen-bond donors (Lipinski definition) is 1. The Hall–Kier alpha value is -3.02.